The number of ether oxygens (including phenoxy) is 1. The average molecular weight is 362 g/mol. The lowest BCUT2D eigenvalue weighted by Crippen LogP contribution is -2.24. The Morgan fingerprint density at radius 3 is 2.52 bits per heavy atom. The predicted molar refractivity (Wildman–Crippen MR) is 103 cm³/mol. The number of methoxy groups -OCH3 is 1. The quantitative estimate of drug-likeness (QED) is 0.760. The van der Waals surface area contributed by atoms with Crippen molar-refractivity contribution < 1.29 is 9.53 Å². The largest absolute Gasteiger partial charge is 0.383 e. The van der Waals surface area contributed by atoms with Crippen molar-refractivity contribution in [3.8, 4) is 0 Å². The van der Waals surface area contributed by atoms with Crippen LogP contribution < -0.4 is 5.32 Å². The predicted octanol–water partition coefficient (Wildman–Crippen LogP) is 3.88. The van der Waals surface area contributed by atoms with Crippen molar-refractivity contribution in [3.63, 3.8) is 0 Å². The lowest BCUT2D eigenvalue weighted by atomic mass is 10.1. The number of hydrogen-bond acceptors (Lipinski definition) is 4. The van der Waals surface area contributed by atoms with Gasteiger partial charge in [-0.3, -0.25) is 4.79 Å². The van der Waals surface area contributed by atoms with Crippen molar-refractivity contribution in [1.29, 1.82) is 0 Å². The number of nitrogens with one attached hydrogen (secondary N) is 1. The van der Waals surface area contributed by atoms with Crippen LogP contribution >= 0.6 is 11.8 Å². The maximum atomic E-state index is 12.6. The molecule has 0 radical (unpaired) electrons. The summed E-state index contributed by atoms with van der Waals surface area (Å²) in [6, 6.07) is 6.01. The molecule has 1 heterocycles. The van der Waals surface area contributed by atoms with Gasteiger partial charge >= 0.3 is 0 Å². The van der Waals surface area contributed by atoms with E-state index in [4.69, 9.17) is 4.74 Å². The normalized spacial score (nSPS) is 12.2. The van der Waals surface area contributed by atoms with Crippen LogP contribution in [0.5, 0.6) is 0 Å². The van der Waals surface area contributed by atoms with Gasteiger partial charge in [0.1, 0.15) is 0 Å². The summed E-state index contributed by atoms with van der Waals surface area (Å²) in [5.41, 5.74) is 5.13. The molecule has 5 nitrogen and oxygen atoms in total. The van der Waals surface area contributed by atoms with Crippen molar-refractivity contribution in [3.05, 3.63) is 40.7 Å². The van der Waals surface area contributed by atoms with Gasteiger partial charge in [-0.15, -0.1) is 0 Å². The van der Waals surface area contributed by atoms with Crippen molar-refractivity contribution in [2.24, 2.45) is 0 Å². The fourth-order valence-electron chi connectivity index (χ4n) is 2.61. The highest BCUT2D eigenvalue weighted by Crippen LogP contribution is 2.27. The van der Waals surface area contributed by atoms with Crippen LogP contribution in [-0.4, -0.2) is 34.4 Å². The number of carbonyl (C=O) groups is 1. The second-order valence-electron chi connectivity index (χ2n) is 6.23. The molecule has 0 aliphatic rings. The fourth-order valence-corrected chi connectivity index (χ4v) is 3.63. The fraction of sp³-hybridized carbons (Fsp3) is 0.474. The molecule has 2 aromatic rings. The summed E-state index contributed by atoms with van der Waals surface area (Å²) >= 11 is 1.48. The molecule has 1 atom stereocenters. The van der Waals surface area contributed by atoms with Crippen LogP contribution in [0.25, 0.3) is 0 Å². The van der Waals surface area contributed by atoms with Gasteiger partial charge in [-0.25, -0.2) is 4.98 Å². The third-order valence-electron chi connectivity index (χ3n) is 4.32. The van der Waals surface area contributed by atoms with Gasteiger partial charge in [0, 0.05) is 25.0 Å². The average Bonchev–Trinajstić information content (AvgIpc) is 2.83. The first kappa shape index (κ1) is 19.5. The molecule has 1 aromatic heterocycles. The molecule has 0 aliphatic carbocycles. The number of hydrogen-bond donors (Lipinski definition) is 1. The van der Waals surface area contributed by atoms with Gasteiger partial charge in [0.05, 0.1) is 17.6 Å². The van der Waals surface area contributed by atoms with Crippen molar-refractivity contribution in [2.45, 2.75) is 51.6 Å². The highest BCUT2D eigenvalue weighted by atomic mass is 32.2. The number of aryl methyl sites for hydroxylation is 3. The Hall–Kier alpha value is -1.79. The zero-order valence-corrected chi connectivity index (χ0v) is 16.7. The van der Waals surface area contributed by atoms with Crippen molar-refractivity contribution in [1.82, 2.24) is 9.55 Å². The molecule has 25 heavy (non-hydrogen) atoms. The van der Waals surface area contributed by atoms with Crippen LogP contribution in [0.4, 0.5) is 5.69 Å². The van der Waals surface area contributed by atoms with Crippen LogP contribution in [-0.2, 0) is 16.1 Å². The van der Waals surface area contributed by atoms with Gasteiger partial charge in [0.15, 0.2) is 5.16 Å². The molecule has 0 spiro atoms. The number of rotatable bonds is 7. The molecule has 0 fully saturated rings. The third kappa shape index (κ3) is 4.64. The Bertz CT molecular complexity index is 735. The summed E-state index contributed by atoms with van der Waals surface area (Å²) < 4.78 is 7.30. The smallest absolute Gasteiger partial charge is 0.237 e. The Balaban J connectivity index is 2.12. The number of anilines is 1. The van der Waals surface area contributed by atoms with Crippen LogP contribution in [0.15, 0.2) is 23.4 Å². The molecule has 0 unspecified atom stereocenters. The number of aromatic nitrogens is 2. The standard InChI is InChI=1S/C19H27N3O2S/c1-12-8-7-9-13(2)17(12)21-18(23)16(5)25-19-20-14(3)15(4)22(19)10-11-24-6/h7-9,16H,10-11H2,1-6H3,(H,21,23)/t16-/m0/s1. The summed E-state index contributed by atoms with van der Waals surface area (Å²) in [5.74, 6) is -0.0148. The van der Waals surface area contributed by atoms with Gasteiger partial charge in [0.25, 0.3) is 0 Å². The van der Waals surface area contributed by atoms with E-state index in [0.717, 1.165) is 39.9 Å². The number of benzene rings is 1. The van der Waals surface area contributed by atoms with E-state index in [-0.39, 0.29) is 11.2 Å². The van der Waals surface area contributed by atoms with E-state index in [2.05, 4.69) is 14.9 Å². The molecular formula is C19H27N3O2S. The summed E-state index contributed by atoms with van der Waals surface area (Å²) in [6.45, 7) is 11.3. The summed E-state index contributed by atoms with van der Waals surface area (Å²) in [6.07, 6.45) is 0. The zero-order valence-electron chi connectivity index (χ0n) is 15.8. The molecule has 1 aromatic carbocycles. The Morgan fingerprint density at radius 2 is 1.92 bits per heavy atom. The third-order valence-corrected chi connectivity index (χ3v) is 5.41. The van der Waals surface area contributed by atoms with E-state index in [1.165, 1.54) is 11.8 Å². The Kier molecular flexibility index (Phi) is 6.67. The molecule has 0 bridgehead atoms. The number of amides is 1. The van der Waals surface area contributed by atoms with E-state index < -0.39 is 0 Å². The summed E-state index contributed by atoms with van der Waals surface area (Å²) in [7, 11) is 1.69. The molecule has 0 aliphatic heterocycles. The molecule has 0 saturated heterocycles. The topological polar surface area (TPSA) is 56.1 Å². The minimum absolute atomic E-state index is 0.0148. The molecular weight excluding hydrogens is 334 g/mol. The SMILES string of the molecule is COCCn1c(S[C@@H](C)C(=O)Nc2c(C)cccc2C)nc(C)c1C. The first-order valence-corrected chi connectivity index (χ1v) is 9.29. The van der Waals surface area contributed by atoms with Crippen LogP contribution in [0.1, 0.15) is 29.4 Å². The lowest BCUT2D eigenvalue weighted by molar-refractivity contribution is -0.115. The Morgan fingerprint density at radius 1 is 1.28 bits per heavy atom. The minimum Gasteiger partial charge on any atom is -0.383 e. The number of carbonyl (C=O) groups excluding carboxylic acids is 1. The molecule has 136 valence electrons. The number of imidazole rings is 1. The van der Waals surface area contributed by atoms with Crippen LogP contribution in [0, 0.1) is 27.7 Å². The number of para-hydroxylation sites is 1. The highest BCUT2D eigenvalue weighted by Gasteiger charge is 2.20. The van der Waals surface area contributed by atoms with Gasteiger partial charge < -0.3 is 14.6 Å². The zero-order chi connectivity index (χ0) is 18.6. The molecule has 6 heteroatoms. The van der Waals surface area contributed by atoms with Gasteiger partial charge in [-0.1, -0.05) is 30.0 Å². The van der Waals surface area contributed by atoms with Crippen molar-refractivity contribution >= 4 is 23.4 Å². The maximum Gasteiger partial charge on any atom is 0.237 e. The van der Waals surface area contributed by atoms with Gasteiger partial charge in [-0.05, 0) is 45.7 Å². The first-order chi connectivity index (χ1) is 11.8. The number of nitrogens with zero attached hydrogens (tertiary/aromatic N) is 2. The van der Waals surface area contributed by atoms with E-state index in [0.29, 0.717) is 6.61 Å². The van der Waals surface area contributed by atoms with E-state index in [1.807, 2.05) is 52.8 Å². The summed E-state index contributed by atoms with van der Waals surface area (Å²) in [5, 5.41) is 3.67. The van der Waals surface area contributed by atoms with E-state index >= 15 is 0 Å². The monoisotopic (exact) mass is 361 g/mol. The summed E-state index contributed by atoms with van der Waals surface area (Å²) in [4.78, 5) is 17.3. The molecule has 0 saturated carbocycles. The molecule has 2 rings (SSSR count). The van der Waals surface area contributed by atoms with Crippen LogP contribution in [0.3, 0.4) is 0 Å². The second-order valence-corrected chi connectivity index (χ2v) is 7.53. The first-order valence-electron chi connectivity index (χ1n) is 8.41. The lowest BCUT2D eigenvalue weighted by Gasteiger charge is -2.16. The maximum absolute atomic E-state index is 12.6. The molecule has 1 N–H and O–H groups in total. The molecule has 1 amide bonds. The Labute approximate surface area is 154 Å². The van der Waals surface area contributed by atoms with Gasteiger partial charge in [0.2, 0.25) is 5.91 Å². The number of thioether (sulfide) groups is 1. The van der Waals surface area contributed by atoms with Crippen LogP contribution in [0.2, 0.25) is 0 Å². The highest BCUT2D eigenvalue weighted by molar-refractivity contribution is 8.00. The van der Waals surface area contributed by atoms with E-state index in [9.17, 15) is 4.79 Å². The minimum atomic E-state index is -0.249. The van der Waals surface area contributed by atoms with E-state index in [1.54, 1.807) is 7.11 Å². The van der Waals surface area contributed by atoms with Gasteiger partial charge in [-0.2, -0.15) is 0 Å². The second kappa shape index (κ2) is 8.54. The van der Waals surface area contributed by atoms with Crippen molar-refractivity contribution in [2.75, 3.05) is 19.0 Å².